The number of hydrogen-bond donors (Lipinski definition) is 1. The molecular formula is C16H19ClF3N3O3S. The van der Waals surface area contributed by atoms with E-state index in [1.165, 1.54) is 4.31 Å². The number of amides is 1. The van der Waals surface area contributed by atoms with Crippen molar-refractivity contribution in [3.63, 3.8) is 0 Å². The zero-order valence-electron chi connectivity index (χ0n) is 14.3. The van der Waals surface area contributed by atoms with E-state index in [4.69, 9.17) is 11.6 Å². The van der Waals surface area contributed by atoms with Gasteiger partial charge in [0.15, 0.2) is 0 Å². The minimum atomic E-state index is -4.53. The van der Waals surface area contributed by atoms with Crippen LogP contribution in [0.15, 0.2) is 18.2 Å². The number of rotatable bonds is 5. The van der Waals surface area contributed by atoms with Crippen molar-refractivity contribution in [3.8, 4) is 0 Å². The Hall–Kier alpha value is -1.36. The lowest BCUT2D eigenvalue weighted by molar-refractivity contribution is -0.137. The lowest BCUT2D eigenvalue weighted by Crippen LogP contribution is -2.51. The van der Waals surface area contributed by atoms with Crippen LogP contribution in [-0.4, -0.2) is 61.5 Å². The van der Waals surface area contributed by atoms with E-state index in [2.05, 4.69) is 5.32 Å². The van der Waals surface area contributed by atoms with Crippen molar-refractivity contribution < 1.29 is 26.4 Å². The summed E-state index contributed by atoms with van der Waals surface area (Å²) in [6.07, 6.45) is -3.14. The number of nitrogens with one attached hydrogen (secondary N) is 1. The van der Waals surface area contributed by atoms with E-state index in [9.17, 15) is 26.4 Å². The number of halogens is 4. The summed E-state index contributed by atoms with van der Waals surface area (Å²) in [7, 11) is -3.23. The molecule has 3 rings (SSSR count). The smallest absolute Gasteiger partial charge is 0.324 e. The van der Waals surface area contributed by atoms with Gasteiger partial charge in [-0.15, -0.1) is 0 Å². The van der Waals surface area contributed by atoms with Crippen LogP contribution in [0, 0.1) is 0 Å². The highest BCUT2D eigenvalue weighted by Crippen LogP contribution is 2.34. The highest BCUT2D eigenvalue weighted by molar-refractivity contribution is 7.90. The first-order valence-corrected chi connectivity index (χ1v) is 10.3. The molecule has 1 N–H and O–H groups in total. The van der Waals surface area contributed by atoms with Crippen LogP contribution in [-0.2, 0) is 21.0 Å². The second-order valence-electron chi connectivity index (χ2n) is 6.66. The summed E-state index contributed by atoms with van der Waals surface area (Å²) in [5.74, 6) is -0.505. The Morgan fingerprint density at radius 3 is 2.37 bits per heavy atom. The molecule has 0 spiro atoms. The molecule has 0 unspecified atom stereocenters. The Kier molecular flexibility index (Phi) is 5.72. The summed E-state index contributed by atoms with van der Waals surface area (Å²) in [5, 5.41) is 2.14. The summed E-state index contributed by atoms with van der Waals surface area (Å²) in [5.41, 5.74) is -1.01. The summed E-state index contributed by atoms with van der Waals surface area (Å²) < 4.78 is 64.2. The Labute approximate surface area is 160 Å². The van der Waals surface area contributed by atoms with Crippen molar-refractivity contribution in [1.29, 1.82) is 0 Å². The average molecular weight is 426 g/mol. The van der Waals surface area contributed by atoms with Crippen LogP contribution in [0.5, 0.6) is 0 Å². The standard InChI is InChI=1S/C16H19ClF3N3O3S/c17-13-4-1-11(16(18,19)20)9-14(13)21-15(24)10-22-5-7-23(8-6-22)27(25,26)12-2-3-12/h1,4,9,12H,2-3,5-8,10H2,(H,21,24). The van der Waals surface area contributed by atoms with Gasteiger partial charge in [-0.3, -0.25) is 9.69 Å². The normalized spacial score (nSPS) is 19.9. The van der Waals surface area contributed by atoms with Gasteiger partial charge in [-0.2, -0.15) is 17.5 Å². The van der Waals surface area contributed by atoms with Crippen LogP contribution >= 0.6 is 11.6 Å². The highest BCUT2D eigenvalue weighted by atomic mass is 35.5. The number of piperazine rings is 1. The van der Waals surface area contributed by atoms with Gasteiger partial charge < -0.3 is 5.32 Å². The van der Waals surface area contributed by atoms with E-state index in [1.54, 1.807) is 4.90 Å². The predicted octanol–water partition coefficient (Wildman–Crippen LogP) is 2.41. The molecule has 1 saturated carbocycles. The van der Waals surface area contributed by atoms with Gasteiger partial charge in [0.05, 0.1) is 28.1 Å². The Morgan fingerprint density at radius 2 is 1.81 bits per heavy atom. The molecule has 0 bridgehead atoms. The lowest BCUT2D eigenvalue weighted by atomic mass is 10.2. The summed E-state index contributed by atoms with van der Waals surface area (Å²) >= 11 is 5.87. The van der Waals surface area contributed by atoms with E-state index >= 15 is 0 Å². The van der Waals surface area contributed by atoms with Crippen LogP contribution in [0.2, 0.25) is 5.02 Å². The predicted molar refractivity (Wildman–Crippen MR) is 95.0 cm³/mol. The van der Waals surface area contributed by atoms with Crippen molar-refractivity contribution in [2.45, 2.75) is 24.3 Å². The molecule has 1 aliphatic carbocycles. The Morgan fingerprint density at radius 1 is 1.19 bits per heavy atom. The highest BCUT2D eigenvalue weighted by Gasteiger charge is 2.41. The molecule has 0 atom stereocenters. The second kappa shape index (κ2) is 7.57. The van der Waals surface area contributed by atoms with Crippen molar-refractivity contribution in [3.05, 3.63) is 28.8 Å². The van der Waals surface area contributed by atoms with Gasteiger partial charge in [-0.05, 0) is 31.0 Å². The van der Waals surface area contributed by atoms with E-state index in [0.29, 0.717) is 39.0 Å². The minimum absolute atomic E-state index is 0.0108. The maximum absolute atomic E-state index is 12.8. The molecule has 1 aliphatic heterocycles. The fraction of sp³-hybridized carbons (Fsp3) is 0.562. The quantitative estimate of drug-likeness (QED) is 0.786. The maximum atomic E-state index is 12.8. The first-order valence-electron chi connectivity index (χ1n) is 8.45. The molecule has 27 heavy (non-hydrogen) atoms. The molecule has 1 aromatic carbocycles. The van der Waals surface area contributed by atoms with Crippen LogP contribution in [0.25, 0.3) is 0 Å². The van der Waals surface area contributed by atoms with Gasteiger partial charge in [-0.25, -0.2) is 8.42 Å². The number of anilines is 1. The lowest BCUT2D eigenvalue weighted by Gasteiger charge is -2.33. The zero-order chi connectivity index (χ0) is 19.8. The number of hydrogen-bond acceptors (Lipinski definition) is 4. The van der Waals surface area contributed by atoms with Crippen molar-refractivity contribution in [1.82, 2.24) is 9.21 Å². The Balaban J connectivity index is 1.55. The third-order valence-corrected chi connectivity index (χ3v) is 7.30. The van der Waals surface area contributed by atoms with Crippen LogP contribution in [0.4, 0.5) is 18.9 Å². The molecule has 150 valence electrons. The number of alkyl halides is 3. The minimum Gasteiger partial charge on any atom is -0.324 e. The molecule has 1 amide bonds. The molecule has 11 heteroatoms. The topological polar surface area (TPSA) is 69.7 Å². The van der Waals surface area contributed by atoms with Crippen LogP contribution < -0.4 is 5.32 Å². The monoisotopic (exact) mass is 425 g/mol. The van der Waals surface area contributed by atoms with Gasteiger partial charge in [0.25, 0.3) is 0 Å². The molecule has 1 saturated heterocycles. The van der Waals surface area contributed by atoms with Crippen molar-refractivity contribution in [2.75, 3.05) is 38.0 Å². The van der Waals surface area contributed by atoms with Gasteiger partial charge in [0.1, 0.15) is 0 Å². The SMILES string of the molecule is O=C(CN1CCN(S(=O)(=O)C2CC2)CC1)Nc1cc(C(F)(F)F)ccc1Cl. The fourth-order valence-corrected chi connectivity index (χ4v) is 4.90. The van der Waals surface area contributed by atoms with Gasteiger partial charge >= 0.3 is 6.18 Å². The fourth-order valence-electron chi connectivity index (χ4n) is 2.91. The number of carbonyl (C=O) groups excluding carboxylic acids is 1. The molecule has 2 fully saturated rings. The molecule has 0 aromatic heterocycles. The molecular weight excluding hydrogens is 407 g/mol. The van der Waals surface area contributed by atoms with E-state index < -0.39 is 27.7 Å². The van der Waals surface area contributed by atoms with Crippen molar-refractivity contribution in [2.24, 2.45) is 0 Å². The average Bonchev–Trinajstić information content (AvgIpc) is 3.42. The summed E-state index contributed by atoms with van der Waals surface area (Å²) in [6.45, 7) is 1.32. The first-order chi connectivity index (χ1) is 12.6. The maximum Gasteiger partial charge on any atom is 0.416 e. The molecule has 1 heterocycles. The summed E-state index contributed by atoms with van der Waals surface area (Å²) in [6, 6.07) is 2.72. The first kappa shape index (κ1) is 20.4. The zero-order valence-corrected chi connectivity index (χ0v) is 15.9. The second-order valence-corrected chi connectivity index (χ2v) is 9.28. The number of sulfonamides is 1. The van der Waals surface area contributed by atoms with Crippen LogP contribution in [0.3, 0.4) is 0 Å². The van der Waals surface area contributed by atoms with E-state index in [-0.39, 0.29) is 22.5 Å². The number of carbonyl (C=O) groups is 1. The van der Waals surface area contributed by atoms with Gasteiger partial charge in [-0.1, -0.05) is 11.6 Å². The van der Waals surface area contributed by atoms with E-state index in [0.717, 1.165) is 18.2 Å². The van der Waals surface area contributed by atoms with Crippen LogP contribution in [0.1, 0.15) is 18.4 Å². The molecule has 2 aliphatic rings. The van der Waals surface area contributed by atoms with Gasteiger partial charge in [0, 0.05) is 26.2 Å². The van der Waals surface area contributed by atoms with Gasteiger partial charge in [0.2, 0.25) is 15.9 Å². The molecule has 1 aromatic rings. The number of benzene rings is 1. The van der Waals surface area contributed by atoms with E-state index in [1.807, 2.05) is 0 Å². The Bertz CT molecular complexity index is 820. The molecule has 0 radical (unpaired) electrons. The number of nitrogens with zero attached hydrogens (tertiary/aromatic N) is 2. The third kappa shape index (κ3) is 4.92. The largest absolute Gasteiger partial charge is 0.416 e. The third-order valence-electron chi connectivity index (χ3n) is 4.57. The molecule has 6 nitrogen and oxygen atoms in total. The van der Waals surface area contributed by atoms with Crippen molar-refractivity contribution >= 4 is 33.2 Å². The summed E-state index contributed by atoms with van der Waals surface area (Å²) in [4.78, 5) is 13.9.